The van der Waals surface area contributed by atoms with Crippen molar-refractivity contribution >= 4 is 44.6 Å². The number of hydrogen-bond acceptors (Lipinski definition) is 4. The van der Waals surface area contributed by atoms with Gasteiger partial charge in [-0.2, -0.15) is 13.2 Å². The maximum Gasteiger partial charge on any atom is 0.417 e. The molecular weight excluding hydrogens is 449 g/mol. The summed E-state index contributed by atoms with van der Waals surface area (Å²) in [6.45, 7) is 0.908. The van der Waals surface area contributed by atoms with Crippen molar-refractivity contribution in [2.45, 2.75) is 24.9 Å². The van der Waals surface area contributed by atoms with E-state index in [1.54, 1.807) is 4.90 Å². The van der Waals surface area contributed by atoms with E-state index in [9.17, 15) is 18.0 Å². The largest absolute Gasteiger partial charge is 0.417 e. The molecule has 5 nitrogen and oxygen atoms in total. The standard InChI is InChI=1S/C21H16ClF3N4OS/c22-17-14-5-1-2-6-15(14)31-18(17)20(30)28-9-3-4-12(10-28)19-27-26-16-8-7-13(11-29(16)19)21(23,24)25/h1-2,5-8,11-12H,3-4,9-10H2. The summed E-state index contributed by atoms with van der Waals surface area (Å²) in [5.41, 5.74) is -0.416. The Morgan fingerprint density at radius 1 is 1.16 bits per heavy atom. The minimum absolute atomic E-state index is 0.166. The number of benzene rings is 1. The second-order valence-corrected chi connectivity index (χ2v) is 8.96. The Morgan fingerprint density at radius 2 is 1.97 bits per heavy atom. The number of thiophene rings is 1. The predicted octanol–water partition coefficient (Wildman–Crippen LogP) is 5.64. The van der Waals surface area contributed by atoms with Crippen molar-refractivity contribution in [3.63, 3.8) is 0 Å². The molecule has 10 heteroatoms. The van der Waals surface area contributed by atoms with Crippen molar-refractivity contribution in [1.29, 1.82) is 0 Å². The highest BCUT2D eigenvalue weighted by Gasteiger charge is 2.33. The van der Waals surface area contributed by atoms with Crippen LogP contribution in [0.5, 0.6) is 0 Å². The van der Waals surface area contributed by atoms with Gasteiger partial charge >= 0.3 is 6.18 Å². The van der Waals surface area contributed by atoms with E-state index in [2.05, 4.69) is 10.2 Å². The zero-order valence-corrected chi connectivity index (χ0v) is 17.6. The molecule has 3 aromatic heterocycles. The molecule has 0 radical (unpaired) electrons. The first-order valence-corrected chi connectivity index (χ1v) is 10.9. The van der Waals surface area contributed by atoms with Crippen LogP contribution in [0.2, 0.25) is 5.02 Å². The van der Waals surface area contributed by atoms with Crippen LogP contribution < -0.4 is 0 Å². The van der Waals surface area contributed by atoms with Crippen LogP contribution in [-0.2, 0) is 6.18 Å². The Hall–Kier alpha value is -2.65. The first-order valence-electron chi connectivity index (χ1n) is 9.71. The number of pyridine rings is 1. The van der Waals surface area contributed by atoms with Gasteiger partial charge in [0.15, 0.2) is 5.65 Å². The Bertz CT molecular complexity index is 1300. The van der Waals surface area contributed by atoms with Gasteiger partial charge in [0, 0.05) is 35.3 Å². The quantitative estimate of drug-likeness (QED) is 0.386. The molecule has 31 heavy (non-hydrogen) atoms. The number of rotatable bonds is 2. The second kappa shape index (κ2) is 7.49. The number of carbonyl (C=O) groups excluding carboxylic acids is 1. The molecule has 1 aliphatic heterocycles. The van der Waals surface area contributed by atoms with Crippen molar-refractivity contribution in [2.24, 2.45) is 0 Å². The number of fused-ring (bicyclic) bond motifs is 2. The Balaban J connectivity index is 1.45. The van der Waals surface area contributed by atoms with Gasteiger partial charge in [0.1, 0.15) is 10.7 Å². The summed E-state index contributed by atoms with van der Waals surface area (Å²) in [7, 11) is 0. The number of nitrogens with zero attached hydrogens (tertiary/aromatic N) is 4. The summed E-state index contributed by atoms with van der Waals surface area (Å²) in [6.07, 6.45) is -2.01. The van der Waals surface area contributed by atoms with Crippen molar-refractivity contribution in [2.75, 3.05) is 13.1 Å². The van der Waals surface area contributed by atoms with Crippen LogP contribution in [0.3, 0.4) is 0 Å². The van der Waals surface area contributed by atoms with E-state index < -0.39 is 11.7 Å². The zero-order valence-electron chi connectivity index (χ0n) is 16.1. The second-order valence-electron chi connectivity index (χ2n) is 7.53. The number of piperidine rings is 1. The lowest BCUT2D eigenvalue weighted by atomic mass is 9.97. The number of aromatic nitrogens is 3. The molecular formula is C21H16ClF3N4OS. The molecule has 0 spiro atoms. The maximum absolute atomic E-state index is 13.2. The van der Waals surface area contributed by atoms with E-state index in [1.807, 2.05) is 24.3 Å². The van der Waals surface area contributed by atoms with Crippen molar-refractivity contribution < 1.29 is 18.0 Å². The van der Waals surface area contributed by atoms with Crippen molar-refractivity contribution in [3.8, 4) is 0 Å². The lowest BCUT2D eigenvalue weighted by Crippen LogP contribution is -2.39. The van der Waals surface area contributed by atoms with Gasteiger partial charge in [0.25, 0.3) is 5.91 Å². The average molecular weight is 465 g/mol. The van der Waals surface area contributed by atoms with Gasteiger partial charge in [0.05, 0.1) is 10.6 Å². The summed E-state index contributed by atoms with van der Waals surface area (Å²) in [4.78, 5) is 15.4. The fourth-order valence-corrected chi connectivity index (χ4v) is 5.50. The van der Waals surface area contributed by atoms with Gasteiger partial charge in [0.2, 0.25) is 0 Å². The molecule has 160 valence electrons. The first-order chi connectivity index (χ1) is 14.8. The van der Waals surface area contributed by atoms with E-state index in [0.717, 1.165) is 22.3 Å². The lowest BCUT2D eigenvalue weighted by Gasteiger charge is -2.31. The van der Waals surface area contributed by atoms with Gasteiger partial charge in [-0.1, -0.05) is 29.8 Å². The van der Waals surface area contributed by atoms with Gasteiger partial charge < -0.3 is 4.90 Å². The fraction of sp³-hybridized carbons (Fsp3) is 0.286. The summed E-state index contributed by atoms with van der Waals surface area (Å²) in [5.74, 6) is 0.0473. The van der Waals surface area contributed by atoms with E-state index in [-0.39, 0.29) is 11.8 Å². The molecule has 4 heterocycles. The van der Waals surface area contributed by atoms with Gasteiger partial charge in [-0.15, -0.1) is 21.5 Å². The Labute approximate surface area is 184 Å². The molecule has 1 atom stereocenters. The van der Waals surface area contributed by atoms with E-state index in [4.69, 9.17) is 11.6 Å². The van der Waals surface area contributed by atoms with Crippen molar-refractivity contribution in [1.82, 2.24) is 19.5 Å². The Kier molecular flexibility index (Phi) is 4.90. The highest BCUT2D eigenvalue weighted by atomic mass is 35.5. The van der Waals surface area contributed by atoms with Crippen LogP contribution >= 0.6 is 22.9 Å². The number of carbonyl (C=O) groups is 1. The molecule has 1 fully saturated rings. The van der Waals surface area contributed by atoms with Crippen LogP contribution in [0, 0.1) is 0 Å². The number of hydrogen-bond donors (Lipinski definition) is 0. The van der Waals surface area contributed by atoms with Crippen LogP contribution in [0.25, 0.3) is 15.7 Å². The third-order valence-corrected chi connectivity index (χ3v) is 7.22. The maximum atomic E-state index is 13.2. The molecule has 1 aromatic carbocycles. The molecule has 0 bridgehead atoms. The fourth-order valence-electron chi connectivity index (χ4n) is 4.02. The topological polar surface area (TPSA) is 50.5 Å². The van der Waals surface area contributed by atoms with Crippen molar-refractivity contribution in [3.05, 3.63) is 63.9 Å². The van der Waals surface area contributed by atoms with Crippen LogP contribution in [-0.4, -0.2) is 38.5 Å². The molecule has 4 aromatic rings. The zero-order chi connectivity index (χ0) is 21.8. The molecule has 0 aliphatic carbocycles. The average Bonchev–Trinajstić information content (AvgIpc) is 3.34. The Morgan fingerprint density at radius 3 is 2.74 bits per heavy atom. The molecule has 5 rings (SSSR count). The van der Waals surface area contributed by atoms with Gasteiger partial charge in [-0.3, -0.25) is 9.20 Å². The molecule has 0 saturated carbocycles. The monoisotopic (exact) mass is 464 g/mol. The minimum Gasteiger partial charge on any atom is -0.337 e. The molecule has 1 unspecified atom stereocenters. The third kappa shape index (κ3) is 3.55. The molecule has 1 aliphatic rings. The van der Waals surface area contributed by atoms with Gasteiger partial charge in [-0.05, 0) is 31.0 Å². The number of halogens is 4. The molecule has 0 N–H and O–H groups in total. The molecule has 1 saturated heterocycles. The van der Waals surface area contributed by atoms with Crippen LogP contribution in [0.4, 0.5) is 13.2 Å². The van der Waals surface area contributed by atoms with Crippen LogP contribution in [0.15, 0.2) is 42.6 Å². The number of amides is 1. The first kappa shape index (κ1) is 20.3. The summed E-state index contributed by atoms with van der Waals surface area (Å²) in [6, 6.07) is 9.87. The number of alkyl halides is 3. The SMILES string of the molecule is O=C(c1sc2ccccc2c1Cl)N1CCCC(c2nnc3ccc(C(F)(F)F)cn23)C1. The van der Waals surface area contributed by atoms with Gasteiger partial charge in [-0.25, -0.2) is 0 Å². The lowest BCUT2D eigenvalue weighted by molar-refractivity contribution is -0.137. The number of likely N-dealkylation sites (tertiary alicyclic amines) is 1. The normalized spacial score (nSPS) is 17.5. The smallest absolute Gasteiger partial charge is 0.337 e. The third-order valence-electron chi connectivity index (χ3n) is 5.56. The predicted molar refractivity (Wildman–Crippen MR) is 113 cm³/mol. The highest BCUT2D eigenvalue weighted by Crippen LogP contribution is 2.37. The summed E-state index contributed by atoms with van der Waals surface area (Å²) in [5, 5.41) is 9.44. The van der Waals surface area contributed by atoms with E-state index in [0.29, 0.717) is 47.3 Å². The van der Waals surface area contributed by atoms with E-state index >= 15 is 0 Å². The summed E-state index contributed by atoms with van der Waals surface area (Å²) >= 11 is 7.83. The minimum atomic E-state index is -4.46. The summed E-state index contributed by atoms with van der Waals surface area (Å²) < 4.78 is 41.8. The van der Waals surface area contributed by atoms with Crippen LogP contribution in [0.1, 0.15) is 39.8 Å². The highest BCUT2D eigenvalue weighted by molar-refractivity contribution is 7.21. The van der Waals surface area contributed by atoms with E-state index in [1.165, 1.54) is 21.8 Å². The molecule has 1 amide bonds.